The molecule has 1 heterocycles. The summed E-state index contributed by atoms with van der Waals surface area (Å²) < 4.78 is 7.10. The van der Waals surface area contributed by atoms with Gasteiger partial charge in [0.2, 0.25) is 0 Å². The molecular weight excluding hydrogens is 378 g/mol. The minimum Gasteiger partial charge on any atom is -0.488 e. The van der Waals surface area contributed by atoms with Crippen LogP contribution in [0.5, 0.6) is 5.75 Å². The van der Waals surface area contributed by atoms with E-state index in [1.807, 2.05) is 6.07 Å². The molecule has 0 aliphatic rings. The second kappa shape index (κ2) is 6.16. The van der Waals surface area contributed by atoms with Crippen LogP contribution in [0.2, 0.25) is 0 Å². The van der Waals surface area contributed by atoms with Crippen LogP contribution in [0.25, 0.3) is 0 Å². The monoisotopic (exact) mass is 385 g/mol. The van der Waals surface area contributed by atoms with Crippen molar-refractivity contribution in [2.75, 3.05) is 0 Å². The highest BCUT2D eigenvalue weighted by Gasteiger charge is 2.07. The molecular formula is C13H9Br2NO3. The van der Waals surface area contributed by atoms with Crippen molar-refractivity contribution in [1.82, 2.24) is 4.98 Å². The largest absolute Gasteiger partial charge is 0.488 e. The Morgan fingerprint density at radius 2 is 2.05 bits per heavy atom. The average Bonchev–Trinajstić information content (AvgIpc) is 2.37. The number of carboxylic acids is 1. The lowest BCUT2D eigenvalue weighted by Gasteiger charge is -2.08. The van der Waals surface area contributed by atoms with Gasteiger partial charge in [-0.3, -0.25) is 4.98 Å². The summed E-state index contributed by atoms with van der Waals surface area (Å²) in [4.78, 5) is 14.8. The first-order valence-corrected chi connectivity index (χ1v) is 6.90. The lowest BCUT2D eigenvalue weighted by molar-refractivity contribution is 0.0696. The molecule has 4 nitrogen and oxygen atoms in total. The number of hydrogen-bond donors (Lipinski definition) is 1. The van der Waals surface area contributed by atoms with Crippen molar-refractivity contribution in [2.24, 2.45) is 0 Å². The third kappa shape index (κ3) is 3.78. The standard InChI is InChI=1S/C13H9Br2NO3/c14-10-3-8(5-16-6-10)7-19-12-2-1-9(13(17)18)4-11(12)15/h1-6H,7H2,(H,17,18). The van der Waals surface area contributed by atoms with Gasteiger partial charge in [-0.25, -0.2) is 4.79 Å². The smallest absolute Gasteiger partial charge is 0.335 e. The number of carboxylic acid groups (broad SMARTS) is 1. The van der Waals surface area contributed by atoms with E-state index in [4.69, 9.17) is 9.84 Å². The number of nitrogens with zero attached hydrogens (tertiary/aromatic N) is 1. The molecule has 0 unspecified atom stereocenters. The Bertz CT molecular complexity index is 617. The molecule has 0 amide bonds. The van der Waals surface area contributed by atoms with Crippen LogP contribution in [0.1, 0.15) is 15.9 Å². The van der Waals surface area contributed by atoms with Crippen LogP contribution >= 0.6 is 31.9 Å². The second-order valence-corrected chi connectivity index (χ2v) is 5.52. The Kier molecular flexibility index (Phi) is 4.55. The Labute approximate surface area is 126 Å². The van der Waals surface area contributed by atoms with E-state index < -0.39 is 5.97 Å². The summed E-state index contributed by atoms with van der Waals surface area (Å²) in [7, 11) is 0. The summed E-state index contributed by atoms with van der Waals surface area (Å²) in [6, 6.07) is 6.55. The molecule has 6 heteroatoms. The minimum atomic E-state index is -0.969. The Balaban J connectivity index is 2.10. The van der Waals surface area contributed by atoms with Crippen LogP contribution in [-0.4, -0.2) is 16.1 Å². The van der Waals surface area contributed by atoms with E-state index in [0.29, 0.717) is 16.8 Å². The van der Waals surface area contributed by atoms with Crippen molar-refractivity contribution in [3.63, 3.8) is 0 Å². The number of ether oxygens (including phenoxy) is 1. The van der Waals surface area contributed by atoms with Crippen LogP contribution in [-0.2, 0) is 6.61 Å². The van der Waals surface area contributed by atoms with Crippen molar-refractivity contribution < 1.29 is 14.6 Å². The first kappa shape index (κ1) is 14.0. The predicted molar refractivity (Wildman–Crippen MR) is 77.4 cm³/mol. The molecule has 19 heavy (non-hydrogen) atoms. The molecule has 0 atom stereocenters. The van der Waals surface area contributed by atoms with E-state index in [1.165, 1.54) is 12.1 Å². The van der Waals surface area contributed by atoms with E-state index in [1.54, 1.807) is 18.5 Å². The lowest BCUT2D eigenvalue weighted by Crippen LogP contribution is -1.99. The van der Waals surface area contributed by atoms with E-state index >= 15 is 0 Å². The summed E-state index contributed by atoms with van der Waals surface area (Å²) in [6.45, 7) is 0.359. The number of aromatic nitrogens is 1. The first-order valence-electron chi connectivity index (χ1n) is 5.31. The van der Waals surface area contributed by atoms with Gasteiger partial charge < -0.3 is 9.84 Å². The fourth-order valence-electron chi connectivity index (χ4n) is 1.45. The second-order valence-electron chi connectivity index (χ2n) is 3.75. The van der Waals surface area contributed by atoms with Gasteiger partial charge in [0.1, 0.15) is 12.4 Å². The van der Waals surface area contributed by atoms with Crippen molar-refractivity contribution in [3.8, 4) is 5.75 Å². The molecule has 1 N–H and O–H groups in total. The number of pyridine rings is 1. The van der Waals surface area contributed by atoms with Crippen molar-refractivity contribution >= 4 is 37.8 Å². The summed E-state index contributed by atoms with van der Waals surface area (Å²) >= 11 is 6.63. The summed E-state index contributed by atoms with van der Waals surface area (Å²) in [5, 5.41) is 8.86. The topological polar surface area (TPSA) is 59.4 Å². The zero-order chi connectivity index (χ0) is 13.8. The van der Waals surface area contributed by atoms with Gasteiger partial charge in [0.15, 0.2) is 0 Å². The maximum absolute atomic E-state index is 10.8. The zero-order valence-electron chi connectivity index (χ0n) is 9.64. The number of carbonyl (C=O) groups is 1. The van der Waals surface area contributed by atoms with Gasteiger partial charge in [0, 0.05) is 22.4 Å². The molecule has 1 aromatic carbocycles. The highest BCUT2D eigenvalue weighted by molar-refractivity contribution is 9.10. The molecule has 0 spiro atoms. The van der Waals surface area contributed by atoms with Crippen molar-refractivity contribution in [1.29, 1.82) is 0 Å². The fourth-order valence-corrected chi connectivity index (χ4v) is 2.35. The van der Waals surface area contributed by atoms with Gasteiger partial charge in [-0.15, -0.1) is 0 Å². The number of hydrogen-bond acceptors (Lipinski definition) is 3. The van der Waals surface area contributed by atoms with Gasteiger partial charge in [-0.05, 0) is 56.1 Å². The predicted octanol–water partition coefficient (Wildman–Crippen LogP) is 3.88. The minimum absolute atomic E-state index is 0.211. The number of benzene rings is 1. The molecule has 0 fully saturated rings. The van der Waals surface area contributed by atoms with Gasteiger partial charge >= 0.3 is 5.97 Å². The van der Waals surface area contributed by atoms with Crippen LogP contribution in [0, 0.1) is 0 Å². The maximum Gasteiger partial charge on any atom is 0.335 e. The van der Waals surface area contributed by atoms with Crippen LogP contribution in [0.4, 0.5) is 0 Å². The van der Waals surface area contributed by atoms with E-state index in [0.717, 1.165) is 10.0 Å². The molecule has 2 aromatic rings. The lowest BCUT2D eigenvalue weighted by atomic mass is 10.2. The molecule has 98 valence electrons. The number of rotatable bonds is 4. The summed E-state index contributed by atoms with van der Waals surface area (Å²) in [5.41, 5.74) is 1.13. The van der Waals surface area contributed by atoms with Crippen LogP contribution < -0.4 is 4.74 Å². The van der Waals surface area contributed by atoms with E-state index in [9.17, 15) is 4.79 Å². The molecule has 0 saturated carbocycles. The summed E-state index contributed by atoms with van der Waals surface area (Å²) in [6.07, 6.45) is 3.41. The van der Waals surface area contributed by atoms with Crippen molar-refractivity contribution in [3.05, 3.63) is 56.7 Å². The van der Waals surface area contributed by atoms with Crippen LogP contribution in [0.3, 0.4) is 0 Å². The van der Waals surface area contributed by atoms with Gasteiger partial charge in [0.05, 0.1) is 10.0 Å². The Morgan fingerprint density at radius 3 is 2.68 bits per heavy atom. The third-order valence-corrected chi connectivity index (χ3v) is 3.39. The van der Waals surface area contributed by atoms with E-state index in [-0.39, 0.29) is 5.56 Å². The molecule has 1 aromatic heterocycles. The maximum atomic E-state index is 10.8. The van der Waals surface area contributed by atoms with E-state index in [2.05, 4.69) is 36.8 Å². The molecule has 0 saturated heterocycles. The Morgan fingerprint density at radius 1 is 1.26 bits per heavy atom. The number of halogens is 2. The fraction of sp³-hybridized carbons (Fsp3) is 0.0769. The van der Waals surface area contributed by atoms with Gasteiger partial charge in [-0.1, -0.05) is 0 Å². The SMILES string of the molecule is O=C(O)c1ccc(OCc2cncc(Br)c2)c(Br)c1. The molecule has 0 radical (unpaired) electrons. The molecule has 0 aliphatic heterocycles. The zero-order valence-corrected chi connectivity index (χ0v) is 12.8. The highest BCUT2D eigenvalue weighted by Crippen LogP contribution is 2.27. The average molecular weight is 387 g/mol. The molecule has 0 aliphatic carbocycles. The molecule has 2 rings (SSSR count). The first-order chi connectivity index (χ1) is 9.06. The summed E-state index contributed by atoms with van der Waals surface area (Å²) in [5.74, 6) is -0.381. The van der Waals surface area contributed by atoms with Gasteiger partial charge in [-0.2, -0.15) is 0 Å². The third-order valence-electron chi connectivity index (χ3n) is 2.33. The van der Waals surface area contributed by atoms with Crippen molar-refractivity contribution in [2.45, 2.75) is 6.61 Å². The van der Waals surface area contributed by atoms with Gasteiger partial charge in [0.25, 0.3) is 0 Å². The Hall–Kier alpha value is -1.40. The number of aromatic carboxylic acids is 1. The molecule has 0 bridgehead atoms. The quantitative estimate of drug-likeness (QED) is 0.865. The normalized spacial score (nSPS) is 10.2. The highest BCUT2D eigenvalue weighted by atomic mass is 79.9. The van der Waals surface area contributed by atoms with Crippen LogP contribution in [0.15, 0.2) is 45.6 Å².